The second-order valence-electron chi connectivity index (χ2n) is 5.33. The summed E-state index contributed by atoms with van der Waals surface area (Å²) >= 11 is 0. The van der Waals surface area contributed by atoms with E-state index in [4.69, 9.17) is 0 Å². The number of amides is 1. The van der Waals surface area contributed by atoms with Crippen molar-refractivity contribution in [3.8, 4) is 0 Å². The van der Waals surface area contributed by atoms with Crippen LogP contribution in [-0.2, 0) is 6.54 Å². The molecule has 0 saturated heterocycles. The Labute approximate surface area is 123 Å². The van der Waals surface area contributed by atoms with E-state index in [0.29, 0.717) is 18.0 Å². The molecule has 21 heavy (non-hydrogen) atoms. The van der Waals surface area contributed by atoms with Crippen molar-refractivity contribution < 1.29 is 4.79 Å². The van der Waals surface area contributed by atoms with Crippen molar-refractivity contribution in [2.75, 3.05) is 0 Å². The molecule has 1 saturated carbocycles. The van der Waals surface area contributed by atoms with Crippen LogP contribution in [0.1, 0.15) is 52.0 Å². The smallest absolute Gasteiger partial charge is 0.255 e. The van der Waals surface area contributed by atoms with Gasteiger partial charge in [0.05, 0.1) is 35.4 Å². The molecule has 2 heterocycles. The Kier molecular flexibility index (Phi) is 3.60. The Morgan fingerprint density at radius 1 is 1.19 bits per heavy atom. The van der Waals surface area contributed by atoms with Crippen molar-refractivity contribution in [3.63, 3.8) is 0 Å². The summed E-state index contributed by atoms with van der Waals surface area (Å²) < 4.78 is 0. The van der Waals surface area contributed by atoms with Crippen molar-refractivity contribution in [2.45, 2.75) is 39.2 Å². The van der Waals surface area contributed by atoms with Gasteiger partial charge in [0, 0.05) is 18.3 Å². The molecule has 0 aliphatic heterocycles. The predicted molar refractivity (Wildman–Crippen MR) is 76.7 cm³/mol. The van der Waals surface area contributed by atoms with Crippen LogP contribution in [0, 0.1) is 13.8 Å². The summed E-state index contributed by atoms with van der Waals surface area (Å²) in [5.74, 6) is 1.16. The van der Waals surface area contributed by atoms with Gasteiger partial charge in [0.2, 0.25) is 0 Å². The zero-order chi connectivity index (χ0) is 14.8. The number of hydrogen-bond acceptors (Lipinski definition) is 5. The van der Waals surface area contributed by atoms with Crippen LogP contribution in [0.15, 0.2) is 18.6 Å². The lowest BCUT2D eigenvalue weighted by Gasteiger charge is -2.07. The van der Waals surface area contributed by atoms with Crippen molar-refractivity contribution in [1.29, 1.82) is 0 Å². The molecule has 0 aromatic carbocycles. The van der Waals surface area contributed by atoms with Gasteiger partial charge in [0.15, 0.2) is 0 Å². The molecule has 3 rings (SSSR count). The van der Waals surface area contributed by atoms with Gasteiger partial charge in [-0.1, -0.05) is 0 Å². The van der Waals surface area contributed by atoms with Crippen LogP contribution in [0.3, 0.4) is 0 Å². The second-order valence-corrected chi connectivity index (χ2v) is 5.33. The van der Waals surface area contributed by atoms with Crippen LogP contribution in [0.2, 0.25) is 0 Å². The zero-order valence-corrected chi connectivity index (χ0v) is 12.1. The standard InChI is InChI=1S/C15H17N5O/c1-9-5-17-12(6-16-9)7-19-15(21)13-8-18-14(11-3-4-11)20-10(13)2/h5-6,8,11H,3-4,7H2,1-2H3,(H,19,21). The maximum Gasteiger partial charge on any atom is 0.255 e. The van der Waals surface area contributed by atoms with Gasteiger partial charge in [-0.15, -0.1) is 0 Å². The van der Waals surface area contributed by atoms with Crippen LogP contribution < -0.4 is 5.32 Å². The Morgan fingerprint density at radius 2 is 2.00 bits per heavy atom. The molecule has 0 atom stereocenters. The number of aryl methyl sites for hydroxylation is 2. The summed E-state index contributed by atoms with van der Waals surface area (Å²) in [5, 5.41) is 2.82. The number of carbonyl (C=O) groups is 1. The number of nitrogens with one attached hydrogen (secondary N) is 1. The molecule has 0 spiro atoms. The third kappa shape index (κ3) is 3.21. The molecule has 0 radical (unpaired) electrons. The van der Waals surface area contributed by atoms with E-state index in [1.54, 1.807) is 18.6 Å². The third-order valence-corrected chi connectivity index (χ3v) is 3.45. The highest BCUT2D eigenvalue weighted by Gasteiger charge is 2.27. The molecule has 1 amide bonds. The minimum atomic E-state index is -0.183. The molecule has 108 valence electrons. The van der Waals surface area contributed by atoms with Crippen molar-refractivity contribution in [1.82, 2.24) is 25.3 Å². The fraction of sp³-hybridized carbons (Fsp3) is 0.400. The Bertz CT molecular complexity index is 664. The van der Waals surface area contributed by atoms with E-state index in [2.05, 4.69) is 25.3 Å². The minimum Gasteiger partial charge on any atom is -0.346 e. The molecule has 1 fully saturated rings. The molecule has 1 aliphatic carbocycles. The maximum absolute atomic E-state index is 12.2. The van der Waals surface area contributed by atoms with Gasteiger partial charge in [-0.05, 0) is 26.7 Å². The Balaban J connectivity index is 1.66. The van der Waals surface area contributed by atoms with Gasteiger partial charge in [0.1, 0.15) is 5.82 Å². The first-order chi connectivity index (χ1) is 10.1. The molecule has 6 heteroatoms. The molecule has 0 unspecified atom stereocenters. The van der Waals surface area contributed by atoms with Crippen LogP contribution in [0.5, 0.6) is 0 Å². The van der Waals surface area contributed by atoms with E-state index >= 15 is 0 Å². The van der Waals surface area contributed by atoms with Crippen molar-refractivity contribution in [2.24, 2.45) is 0 Å². The Hall–Kier alpha value is -2.37. The van der Waals surface area contributed by atoms with E-state index in [1.807, 2.05) is 13.8 Å². The second kappa shape index (κ2) is 5.55. The third-order valence-electron chi connectivity index (χ3n) is 3.45. The van der Waals surface area contributed by atoms with Gasteiger partial charge in [-0.2, -0.15) is 0 Å². The SMILES string of the molecule is Cc1cnc(CNC(=O)c2cnc(C3CC3)nc2C)cn1. The lowest BCUT2D eigenvalue weighted by atomic mass is 10.2. The predicted octanol–water partition coefficient (Wildman–Crippen LogP) is 1.69. The quantitative estimate of drug-likeness (QED) is 0.923. The lowest BCUT2D eigenvalue weighted by molar-refractivity contribution is 0.0949. The van der Waals surface area contributed by atoms with Gasteiger partial charge < -0.3 is 5.32 Å². The number of aromatic nitrogens is 4. The maximum atomic E-state index is 12.2. The average molecular weight is 283 g/mol. The summed E-state index contributed by atoms with van der Waals surface area (Å²) in [5.41, 5.74) is 2.81. The number of rotatable bonds is 4. The van der Waals surface area contributed by atoms with Crippen LogP contribution in [0.25, 0.3) is 0 Å². The van der Waals surface area contributed by atoms with Gasteiger partial charge in [-0.3, -0.25) is 14.8 Å². The summed E-state index contributed by atoms with van der Waals surface area (Å²) in [6.45, 7) is 4.06. The number of carbonyl (C=O) groups excluding carboxylic acids is 1. The molecule has 2 aromatic rings. The average Bonchev–Trinajstić information content (AvgIpc) is 3.31. The summed E-state index contributed by atoms with van der Waals surface area (Å²) in [4.78, 5) is 29.2. The number of nitrogens with zero attached hydrogens (tertiary/aromatic N) is 4. The molecule has 1 aliphatic rings. The van der Waals surface area contributed by atoms with Crippen molar-refractivity contribution in [3.05, 3.63) is 47.1 Å². The molecule has 0 bridgehead atoms. The minimum absolute atomic E-state index is 0.183. The van der Waals surface area contributed by atoms with E-state index < -0.39 is 0 Å². The summed E-state index contributed by atoms with van der Waals surface area (Å²) in [6.07, 6.45) is 7.26. The van der Waals surface area contributed by atoms with Gasteiger partial charge in [-0.25, -0.2) is 9.97 Å². The van der Waals surface area contributed by atoms with Crippen LogP contribution in [0.4, 0.5) is 0 Å². The molecule has 1 N–H and O–H groups in total. The lowest BCUT2D eigenvalue weighted by Crippen LogP contribution is -2.25. The normalized spacial score (nSPS) is 14.0. The fourth-order valence-corrected chi connectivity index (χ4v) is 2.02. The topological polar surface area (TPSA) is 80.7 Å². The Morgan fingerprint density at radius 3 is 2.62 bits per heavy atom. The van der Waals surface area contributed by atoms with Gasteiger partial charge in [0.25, 0.3) is 5.91 Å². The van der Waals surface area contributed by atoms with Crippen LogP contribution >= 0.6 is 0 Å². The van der Waals surface area contributed by atoms with E-state index in [-0.39, 0.29) is 5.91 Å². The molecular formula is C15H17N5O. The summed E-state index contributed by atoms with van der Waals surface area (Å²) in [7, 11) is 0. The fourth-order valence-electron chi connectivity index (χ4n) is 2.02. The highest BCUT2D eigenvalue weighted by atomic mass is 16.1. The van der Waals surface area contributed by atoms with E-state index in [9.17, 15) is 4.79 Å². The highest BCUT2D eigenvalue weighted by Crippen LogP contribution is 2.37. The molecular weight excluding hydrogens is 266 g/mol. The van der Waals surface area contributed by atoms with Crippen molar-refractivity contribution >= 4 is 5.91 Å². The summed E-state index contributed by atoms with van der Waals surface area (Å²) in [6, 6.07) is 0. The van der Waals surface area contributed by atoms with Gasteiger partial charge >= 0.3 is 0 Å². The van der Waals surface area contributed by atoms with E-state index in [1.165, 1.54) is 0 Å². The first-order valence-corrected chi connectivity index (χ1v) is 7.03. The highest BCUT2D eigenvalue weighted by molar-refractivity contribution is 5.94. The monoisotopic (exact) mass is 283 g/mol. The molecule has 2 aromatic heterocycles. The van der Waals surface area contributed by atoms with Crippen LogP contribution in [-0.4, -0.2) is 25.8 Å². The zero-order valence-electron chi connectivity index (χ0n) is 12.1. The number of hydrogen-bond donors (Lipinski definition) is 1. The first kappa shape index (κ1) is 13.6. The first-order valence-electron chi connectivity index (χ1n) is 7.03. The largest absolute Gasteiger partial charge is 0.346 e. The molecule has 6 nitrogen and oxygen atoms in total. The van der Waals surface area contributed by atoms with E-state index in [0.717, 1.165) is 35.7 Å².